The molecule has 2 aliphatic rings. The molecule has 4 nitrogen and oxygen atoms in total. The highest BCUT2D eigenvalue weighted by atomic mass is 32.2. The van der Waals surface area contributed by atoms with Crippen LogP contribution in [0.25, 0.3) is 0 Å². The van der Waals surface area contributed by atoms with Gasteiger partial charge in [0.05, 0.1) is 23.5 Å². The second kappa shape index (κ2) is 3.22. The van der Waals surface area contributed by atoms with Crippen molar-refractivity contribution in [2.24, 2.45) is 5.92 Å². The average molecular weight is 218 g/mol. The summed E-state index contributed by atoms with van der Waals surface area (Å²) in [6, 6.07) is 0. The molecular formula is C9H14O4S. The van der Waals surface area contributed by atoms with Gasteiger partial charge in [-0.25, -0.2) is 8.42 Å². The van der Waals surface area contributed by atoms with Gasteiger partial charge in [-0.3, -0.25) is 4.79 Å². The Kier molecular flexibility index (Phi) is 2.29. The first-order valence-electron chi connectivity index (χ1n) is 4.86. The van der Waals surface area contributed by atoms with Crippen molar-refractivity contribution in [1.29, 1.82) is 0 Å². The molecule has 2 heterocycles. The number of carbonyl (C=O) groups excluding carboxylic acids is 1. The molecule has 0 aromatic heterocycles. The molecule has 0 spiro atoms. The summed E-state index contributed by atoms with van der Waals surface area (Å²) in [6.45, 7) is 0. The maximum absolute atomic E-state index is 11.7. The van der Waals surface area contributed by atoms with Crippen molar-refractivity contribution in [3.8, 4) is 0 Å². The van der Waals surface area contributed by atoms with Crippen molar-refractivity contribution in [3.05, 3.63) is 0 Å². The Morgan fingerprint density at radius 3 is 2.14 bits per heavy atom. The summed E-state index contributed by atoms with van der Waals surface area (Å²) in [6.07, 6.45) is 2.37. The molecule has 2 bridgehead atoms. The zero-order valence-corrected chi connectivity index (χ0v) is 8.92. The molecule has 0 saturated carbocycles. The van der Waals surface area contributed by atoms with E-state index >= 15 is 0 Å². The first-order chi connectivity index (χ1) is 6.55. The topological polar surface area (TPSA) is 60.4 Å². The maximum Gasteiger partial charge on any atom is 0.308 e. The number of sulfone groups is 1. The number of esters is 1. The van der Waals surface area contributed by atoms with Crippen molar-refractivity contribution in [3.63, 3.8) is 0 Å². The van der Waals surface area contributed by atoms with Crippen LogP contribution in [0.4, 0.5) is 0 Å². The maximum atomic E-state index is 11.7. The Bertz CT molecular complexity index is 326. The number of hydrogen-bond donors (Lipinski definition) is 0. The standard InChI is InChI=1S/C9H14O4S/c1-13-9(10)6-4-7-2-3-8(5-6)14(7,11)12/h6-8H,2-5H2,1H3. The van der Waals surface area contributed by atoms with E-state index in [0.29, 0.717) is 12.8 Å². The third-order valence-corrected chi connectivity index (χ3v) is 6.08. The lowest BCUT2D eigenvalue weighted by Crippen LogP contribution is -2.36. The SMILES string of the molecule is COC(=O)C1CC2CCC(C1)S2(=O)=O. The lowest BCUT2D eigenvalue weighted by atomic mass is 10.00. The largest absolute Gasteiger partial charge is 0.469 e. The zero-order valence-electron chi connectivity index (χ0n) is 8.10. The van der Waals surface area contributed by atoms with E-state index in [4.69, 9.17) is 0 Å². The van der Waals surface area contributed by atoms with Crippen molar-refractivity contribution >= 4 is 15.8 Å². The highest BCUT2D eigenvalue weighted by Gasteiger charge is 2.48. The fourth-order valence-corrected chi connectivity index (χ4v) is 5.04. The molecule has 2 fully saturated rings. The molecule has 2 rings (SSSR count). The minimum atomic E-state index is -2.91. The Balaban J connectivity index is 2.18. The van der Waals surface area contributed by atoms with Gasteiger partial charge in [0.2, 0.25) is 0 Å². The molecule has 0 radical (unpaired) electrons. The molecule has 0 aromatic carbocycles. The van der Waals surface area contributed by atoms with E-state index in [9.17, 15) is 13.2 Å². The van der Waals surface area contributed by atoms with E-state index in [2.05, 4.69) is 4.74 Å². The van der Waals surface area contributed by atoms with Gasteiger partial charge in [0.1, 0.15) is 0 Å². The molecule has 2 aliphatic heterocycles. The molecule has 2 saturated heterocycles. The van der Waals surface area contributed by atoms with Crippen LogP contribution in [0, 0.1) is 5.92 Å². The Morgan fingerprint density at radius 1 is 1.21 bits per heavy atom. The minimum absolute atomic E-state index is 0.193. The van der Waals surface area contributed by atoms with Crippen molar-refractivity contribution in [1.82, 2.24) is 0 Å². The van der Waals surface area contributed by atoms with Crippen LogP contribution in [0.1, 0.15) is 25.7 Å². The number of hydrogen-bond acceptors (Lipinski definition) is 4. The normalized spacial score (nSPS) is 39.4. The fourth-order valence-electron chi connectivity index (χ4n) is 2.57. The van der Waals surface area contributed by atoms with Crippen molar-refractivity contribution in [2.45, 2.75) is 36.2 Å². The van der Waals surface area contributed by atoms with Crippen LogP contribution in [-0.4, -0.2) is 32.0 Å². The summed E-state index contributed by atoms with van der Waals surface area (Å²) in [5.41, 5.74) is 0. The lowest BCUT2D eigenvalue weighted by Gasteiger charge is -2.25. The lowest BCUT2D eigenvalue weighted by molar-refractivity contribution is -0.145. The van der Waals surface area contributed by atoms with Gasteiger partial charge in [-0.15, -0.1) is 0 Å². The highest BCUT2D eigenvalue weighted by molar-refractivity contribution is 7.93. The van der Waals surface area contributed by atoms with Gasteiger partial charge in [-0.1, -0.05) is 0 Å². The molecule has 80 valence electrons. The van der Waals surface area contributed by atoms with E-state index in [1.165, 1.54) is 7.11 Å². The number of rotatable bonds is 1. The summed E-state index contributed by atoms with van der Waals surface area (Å²) in [5.74, 6) is -0.446. The third kappa shape index (κ3) is 1.34. The quantitative estimate of drug-likeness (QED) is 0.602. The van der Waals surface area contributed by atoms with E-state index < -0.39 is 9.84 Å². The monoisotopic (exact) mass is 218 g/mol. The van der Waals surface area contributed by atoms with Crippen LogP contribution < -0.4 is 0 Å². The molecule has 2 atom stereocenters. The minimum Gasteiger partial charge on any atom is -0.469 e. The average Bonchev–Trinajstić information content (AvgIpc) is 2.41. The Hall–Kier alpha value is -0.580. The van der Waals surface area contributed by atoms with E-state index in [-0.39, 0.29) is 22.4 Å². The molecule has 14 heavy (non-hydrogen) atoms. The van der Waals surface area contributed by atoms with Gasteiger partial charge in [-0.2, -0.15) is 0 Å². The second-order valence-corrected chi connectivity index (χ2v) is 6.61. The van der Waals surface area contributed by atoms with Crippen LogP contribution in [0.5, 0.6) is 0 Å². The molecule has 2 unspecified atom stereocenters. The summed E-state index contributed by atoms with van der Waals surface area (Å²) in [4.78, 5) is 11.3. The smallest absolute Gasteiger partial charge is 0.308 e. The first kappa shape index (κ1) is 9.96. The summed E-state index contributed by atoms with van der Waals surface area (Å²) in [7, 11) is -1.56. The second-order valence-electron chi connectivity index (χ2n) is 4.10. The molecule has 0 aliphatic carbocycles. The van der Waals surface area contributed by atoms with Gasteiger partial charge in [-0.05, 0) is 25.7 Å². The fraction of sp³-hybridized carbons (Fsp3) is 0.889. The number of carbonyl (C=O) groups is 1. The van der Waals surface area contributed by atoms with Crippen LogP contribution in [0.2, 0.25) is 0 Å². The van der Waals surface area contributed by atoms with Crippen LogP contribution in [0.3, 0.4) is 0 Å². The number of ether oxygens (including phenoxy) is 1. The molecule has 0 amide bonds. The summed E-state index contributed by atoms with van der Waals surface area (Å²) >= 11 is 0. The summed E-state index contributed by atoms with van der Waals surface area (Å²) < 4.78 is 28.0. The molecule has 0 N–H and O–H groups in total. The zero-order chi connectivity index (χ0) is 10.3. The van der Waals surface area contributed by atoms with Crippen LogP contribution >= 0.6 is 0 Å². The van der Waals surface area contributed by atoms with E-state index in [0.717, 1.165) is 12.8 Å². The Labute approximate surface area is 83.5 Å². The van der Waals surface area contributed by atoms with E-state index in [1.54, 1.807) is 0 Å². The van der Waals surface area contributed by atoms with Gasteiger partial charge in [0.15, 0.2) is 9.84 Å². The van der Waals surface area contributed by atoms with Crippen LogP contribution in [-0.2, 0) is 19.4 Å². The molecular weight excluding hydrogens is 204 g/mol. The highest BCUT2D eigenvalue weighted by Crippen LogP contribution is 2.41. The van der Waals surface area contributed by atoms with Crippen molar-refractivity contribution < 1.29 is 17.9 Å². The van der Waals surface area contributed by atoms with Gasteiger partial charge in [0.25, 0.3) is 0 Å². The van der Waals surface area contributed by atoms with Crippen LogP contribution in [0.15, 0.2) is 0 Å². The first-order valence-corrected chi connectivity index (χ1v) is 6.47. The number of methoxy groups -OCH3 is 1. The van der Waals surface area contributed by atoms with Crippen molar-refractivity contribution in [2.75, 3.05) is 7.11 Å². The predicted octanol–water partition coefficient (Wildman–Crippen LogP) is 0.515. The van der Waals surface area contributed by atoms with Gasteiger partial charge < -0.3 is 4.74 Å². The van der Waals surface area contributed by atoms with E-state index in [1.807, 2.05) is 0 Å². The van der Waals surface area contributed by atoms with Gasteiger partial charge in [0, 0.05) is 0 Å². The third-order valence-electron chi connectivity index (χ3n) is 3.37. The summed E-state index contributed by atoms with van der Waals surface area (Å²) in [5, 5.41) is -0.573. The Morgan fingerprint density at radius 2 is 1.71 bits per heavy atom. The number of fused-ring (bicyclic) bond motifs is 2. The molecule has 5 heteroatoms. The predicted molar refractivity (Wildman–Crippen MR) is 50.5 cm³/mol. The van der Waals surface area contributed by atoms with Gasteiger partial charge >= 0.3 is 5.97 Å². The molecule has 0 aromatic rings.